The van der Waals surface area contributed by atoms with Crippen molar-refractivity contribution >= 4 is 16.9 Å². The molecule has 0 amide bonds. The molecule has 0 fully saturated rings. The smallest absolute Gasteiger partial charge is 0.345 e. The van der Waals surface area contributed by atoms with Crippen molar-refractivity contribution in [3.8, 4) is 16.9 Å². The summed E-state index contributed by atoms with van der Waals surface area (Å²) in [5.74, 6) is -0.0481. The molecule has 1 heterocycles. The Kier molecular flexibility index (Phi) is 5.29. The normalized spacial score (nSPS) is 10.6. The number of carbonyl (C=O) groups is 1. The summed E-state index contributed by atoms with van der Waals surface area (Å²) in [5.41, 5.74) is 1.96. The van der Waals surface area contributed by atoms with Crippen molar-refractivity contribution in [3.63, 3.8) is 0 Å². The van der Waals surface area contributed by atoms with Gasteiger partial charge in [-0.05, 0) is 23.8 Å². The van der Waals surface area contributed by atoms with Gasteiger partial charge in [0.05, 0.1) is 5.39 Å². The minimum Gasteiger partial charge on any atom is -0.481 e. The van der Waals surface area contributed by atoms with Crippen LogP contribution in [0.4, 0.5) is 0 Å². The molecule has 0 aliphatic carbocycles. The largest absolute Gasteiger partial charge is 0.481 e. The van der Waals surface area contributed by atoms with Crippen molar-refractivity contribution in [1.29, 1.82) is 0 Å². The molecule has 0 aliphatic rings. The quantitative estimate of drug-likeness (QED) is 0.473. The van der Waals surface area contributed by atoms with Gasteiger partial charge in [0.15, 0.2) is 13.3 Å². The Morgan fingerprint density at radius 2 is 1.62 bits per heavy atom. The zero-order valence-corrected chi connectivity index (χ0v) is 15.4. The minimum atomic E-state index is -0.616. The molecule has 0 saturated heterocycles. The van der Waals surface area contributed by atoms with Gasteiger partial charge < -0.3 is 9.47 Å². The highest BCUT2D eigenvalue weighted by Gasteiger charge is 2.11. The number of aromatic nitrogens is 3. The number of para-hydroxylation sites is 1. The van der Waals surface area contributed by atoms with E-state index in [1.54, 1.807) is 30.3 Å². The van der Waals surface area contributed by atoms with E-state index in [9.17, 15) is 9.59 Å². The lowest BCUT2D eigenvalue weighted by atomic mass is 10.1. The van der Waals surface area contributed by atoms with Crippen LogP contribution in [0.15, 0.2) is 83.7 Å². The zero-order chi connectivity index (χ0) is 20.1. The predicted octanol–water partition coefficient (Wildman–Crippen LogP) is 3.04. The fourth-order valence-electron chi connectivity index (χ4n) is 2.87. The van der Waals surface area contributed by atoms with E-state index < -0.39 is 5.97 Å². The van der Waals surface area contributed by atoms with Crippen molar-refractivity contribution in [1.82, 2.24) is 15.0 Å². The highest BCUT2D eigenvalue weighted by Crippen LogP contribution is 2.29. The first kappa shape index (κ1) is 18.4. The molecule has 0 spiro atoms. The molecule has 29 heavy (non-hydrogen) atoms. The molecule has 0 radical (unpaired) electrons. The first-order valence-corrected chi connectivity index (χ1v) is 8.98. The number of hydrogen-bond acceptors (Lipinski definition) is 6. The summed E-state index contributed by atoms with van der Waals surface area (Å²) in [4.78, 5) is 24.5. The highest BCUT2D eigenvalue weighted by molar-refractivity contribution is 5.76. The summed E-state index contributed by atoms with van der Waals surface area (Å²) in [6.07, 6.45) is 0. The lowest BCUT2D eigenvalue weighted by Gasteiger charge is -2.11. The Hall–Kier alpha value is -4.00. The average molecular weight is 387 g/mol. The summed E-state index contributed by atoms with van der Waals surface area (Å²) in [6, 6.07) is 24.0. The Morgan fingerprint density at radius 1 is 0.897 bits per heavy atom. The number of hydrogen-bond donors (Lipinski definition) is 0. The minimum absolute atomic E-state index is 0.292. The van der Waals surface area contributed by atoms with Crippen LogP contribution in [0, 0.1) is 0 Å². The van der Waals surface area contributed by atoms with Gasteiger partial charge >= 0.3 is 5.97 Å². The van der Waals surface area contributed by atoms with Gasteiger partial charge in [-0.25, -0.2) is 4.79 Å². The summed E-state index contributed by atoms with van der Waals surface area (Å²) < 4.78 is 11.8. The maximum Gasteiger partial charge on any atom is 0.345 e. The van der Waals surface area contributed by atoms with Gasteiger partial charge in [-0.15, -0.1) is 5.10 Å². The standard InChI is InChI=1S/C22H17N3O4/c26-21(29-15-25-22(27)18-11-4-6-12-19(18)23-24-25)14-28-20-13-7-5-10-17(20)16-8-2-1-3-9-16/h1-13H,14-15H2. The van der Waals surface area contributed by atoms with E-state index in [0.717, 1.165) is 15.8 Å². The number of rotatable bonds is 6. The second kappa shape index (κ2) is 8.35. The molecule has 1 aromatic heterocycles. The second-order valence-electron chi connectivity index (χ2n) is 6.21. The fourth-order valence-corrected chi connectivity index (χ4v) is 2.87. The topological polar surface area (TPSA) is 83.3 Å². The molecule has 0 aliphatic heterocycles. The van der Waals surface area contributed by atoms with Gasteiger partial charge in [-0.2, -0.15) is 4.68 Å². The molecule has 7 heteroatoms. The van der Waals surface area contributed by atoms with Crippen molar-refractivity contribution < 1.29 is 14.3 Å². The summed E-state index contributed by atoms with van der Waals surface area (Å²) >= 11 is 0. The third-order valence-corrected chi connectivity index (χ3v) is 4.29. The second-order valence-corrected chi connectivity index (χ2v) is 6.21. The highest BCUT2D eigenvalue weighted by atomic mass is 16.6. The van der Waals surface area contributed by atoms with E-state index >= 15 is 0 Å². The molecule has 4 rings (SSSR count). The van der Waals surface area contributed by atoms with Crippen LogP contribution < -0.4 is 10.3 Å². The summed E-state index contributed by atoms with van der Waals surface area (Å²) in [7, 11) is 0. The van der Waals surface area contributed by atoms with Gasteiger partial charge in [0.2, 0.25) is 0 Å². The molecular formula is C22H17N3O4. The number of esters is 1. The molecule has 0 saturated carbocycles. The maximum atomic E-state index is 12.4. The molecule has 0 N–H and O–H groups in total. The summed E-state index contributed by atoms with van der Waals surface area (Å²) in [6.45, 7) is -0.626. The van der Waals surface area contributed by atoms with Gasteiger partial charge in [0.25, 0.3) is 5.56 Å². The van der Waals surface area contributed by atoms with Crippen LogP contribution in [0.1, 0.15) is 0 Å². The summed E-state index contributed by atoms with van der Waals surface area (Å²) in [5, 5.41) is 8.14. The number of nitrogens with zero attached hydrogens (tertiary/aromatic N) is 3. The monoisotopic (exact) mass is 387 g/mol. The van der Waals surface area contributed by atoms with Crippen molar-refractivity contribution in [3.05, 3.63) is 89.2 Å². The molecule has 0 bridgehead atoms. The number of benzene rings is 3. The van der Waals surface area contributed by atoms with Crippen LogP contribution in [0.3, 0.4) is 0 Å². The van der Waals surface area contributed by atoms with Gasteiger partial charge in [-0.1, -0.05) is 65.9 Å². The predicted molar refractivity (Wildman–Crippen MR) is 107 cm³/mol. The average Bonchev–Trinajstić information content (AvgIpc) is 2.78. The fraction of sp³-hybridized carbons (Fsp3) is 0.0909. The molecule has 0 unspecified atom stereocenters. The van der Waals surface area contributed by atoms with Crippen molar-refractivity contribution in [2.45, 2.75) is 6.73 Å². The molecule has 0 atom stereocenters. The van der Waals surface area contributed by atoms with Gasteiger partial charge in [-0.3, -0.25) is 4.79 Å². The maximum absolute atomic E-state index is 12.4. The van der Waals surface area contributed by atoms with Crippen LogP contribution in [0.25, 0.3) is 22.0 Å². The van der Waals surface area contributed by atoms with E-state index in [2.05, 4.69) is 10.3 Å². The van der Waals surface area contributed by atoms with E-state index in [-0.39, 0.29) is 18.9 Å². The molecule has 144 valence electrons. The Bertz CT molecular complexity index is 1210. The molecule has 4 aromatic rings. The van der Waals surface area contributed by atoms with E-state index in [1.165, 1.54) is 0 Å². The Labute approximate surface area is 166 Å². The van der Waals surface area contributed by atoms with Crippen LogP contribution >= 0.6 is 0 Å². The first-order valence-electron chi connectivity index (χ1n) is 8.98. The Morgan fingerprint density at radius 3 is 2.48 bits per heavy atom. The first-order chi connectivity index (χ1) is 14.2. The lowest BCUT2D eigenvalue weighted by Crippen LogP contribution is -2.27. The Balaban J connectivity index is 1.41. The van der Waals surface area contributed by atoms with Gasteiger partial charge in [0, 0.05) is 5.56 Å². The number of fused-ring (bicyclic) bond motifs is 1. The van der Waals surface area contributed by atoms with E-state index in [4.69, 9.17) is 9.47 Å². The SMILES string of the molecule is O=C(COc1ccccc1-c1ccccc1)OCn1nnc2ccccc2c1=O. The van der Waals surface area contributed by atoms with Crippen LogP contribution in [-0.4, -0.2) is 27.6 Å². The zero-order valence-electron chi connectivity index (χ0n) is 15.4. The van der Waals surface area contributed by atoms with Crippen molar-refractivity contribution in [2.75, 3.05) is 6.61 Å². The number of carbonyl (C=O) groups excluding carboxylic acids is 1. The molecule has 3 aromatic carbocycles. The molecule has 7 nitrogen and oxygen atoms in total. The van der Waals surface area contributed by atoms with Crippen LogP contribution in [0.5, 0.6) is 5.75 Å². The van der Waals surface area contributed by atoms with E-state index in [1.807, 2.05) is 48.5 Å². The van der Waals surface area contributed by atoms with Crippen LogP contribution in [-0.2, 0) is 16.3 Å². The van der Waals surface area contributed by atoms with Crippen LogP contribution in [0.2, 0.25) is 0 Å². The molecular weight excluding hydrogens is 370 g/mol. The third-order valence-electron chi connectivity index (χ3n) is 4.29. The van der Waals surface area contributed by atoms with Crippen molar-refractivity contribution in [2.24, 2.45) is 0 Å². The third kappa shape index (κ3) is 4.14. The van der Waals surface area contributed by atoms with E-state index in [0.29, 0.717) is 16.7 Å². The van der Waals surface area contributed by atoms with Gasteiger partial charge in [0.1, 0.15) is 11.3 Å². The lowest BCUT2D eigenvalue weighted by molar-refractivity contribution is -0.150. The number of ether oxygens (including phenoxy) is 2.